The van der Waals surface area contributed by atoms with Gasteiger partial charge in [0.05, 0.1) is 12.2 Å². The molecule has 3 nitrogen and oxygen atoms in total. The Kier molecular flexibility index (Phi) is 3.51. The minimum absolute atomic E-state index is 0.274. The zero-order valence-corrected chi connectivity index (χ0v) is 10.7. The highest BCUT2D eigenvalue weighted by molar-refractivity contribution is 5.96. The van der Waals surface area contributed by atoms with Crippen molar-refractivity contribution in [2.45, 2.75) is 20.3 Å². The van der Waals surface area contributed by atoms with E-state index in [1.54, 1.807) is 0 Å². The third-order valence-electron chi connectivity index (χ3n) is 2.82. The molecule has 0 aliphatic rings. The van der Waals surface area contributed by atoms with Crippen LogP contribution in [0.4, 0.5) is 0 Å². The van der Waals surface area contributed by atoms with E-state index in [-0.39, 0.29) is 5.97 Å². The van der Waals surface area contributed by atoms with Gasteiger partial charge in [-0.05, 0) is 44.0 Å². The first kappa shape index (κ1) is 12.4. The van der Waals surface area contributed by atoms with Gasteiger partial charge in [-0.1, -0.05) is 6.08 Å². The molecule has 2 aromatic rings. The molecule has 0 fully saturated rings. The Hall–Kier alpha value is -2.03. The third kappa shape index (κ3) is 2.30. The fraction of sp³-hybridized carbons (Fsp3) is 0.267. The van der Waals surface area contributed by atoms with Gasteiger partial charge >= 0.3 is 5.97 Å². The van der Waals surface area contributed by atoms with Crippen LogP contribution in [0.2, 0.25) is 0 Å². The van der Waals surface area contributed by atoms with Gasteiger partial charge in [-0.25, -0.2) is 4.79 Å². The van der Waals surface area contributed by atoms with Crippen LogP contribution in [0, 0.1) is 6.92 Å². The molecule has 0 aliphatic heterocycles. The highest BCUT2D eigenvalue weighted by atomic mass is 16.5. The SMILES string of the molecule is C=CCc1cc(C(=O)OCC)cc2cc(C)[nH]c12. The van der Waals surface area contributed by atoms with Crippen LogP contribution in [0.1, 0.15) is 28.5 Å². The van der Waals surface area contributed by atoms with E-state index in [1.165, 1.54) is 0 Å². The normalized spacial score (nSPS) is 10.6. The van der Waals surface area contributed by atoms with E-state index in [4.69, 9.17) is 4.74 Å². The molecule has 3 heteroatoms. The molecule has 0 spiro atoms. The van der Waals surface area contributed by atoms with Crippen LogP contribution < -0.4 is 0 Å². The van der Waals surface area contributed by atoms with Crippen LogP contribution in [0.3, 0.4) is 0 Å². The number of aromatic nitrogens is 1. The number of nitrogens with one attached hydrogen (secondary N) is 1. The van der Waals surface area contributed by atoms with Crippen molar-refractivity contribution in [1.29, 1.82) is 0 Å². The molecule has 94 valence electrons. The highest BCUT2D eigenvalue weighted by Crippen LogP contribution is 2.23. The summed E-state index contributed by atoms with van der Waals surface area (Å²) in [5, 5.41) is 1.04. The van der Waals surface area contributed by atoms with E-state index < -0.39 is 0 Å². The molecule has 0 saturated heterocycles. The number of fused-ring (bicyclic) bond motifs is 1. The number of carbonyl (C=O) groups excluding carboxylic acids is 1. The van der Waals surface area contributed by atoms with Crippen molar-refractivity contribution in [3.8, 4) is 0 Å². The number of hydrogen-bond acceptors (Lipinski definition) is 2. The molecule has 0 unspecified atom stereocenters. The number of esters is 1. The molecule has 0 atom stereocenters. The van der Waals surface area contributed by atoms with E-state index in [0.29, 0.717) is 12.2 Å². The van der Waals surface area contributed by atoms with Crippen molar-refractivity contribution < 1.29 is 9.53 Å². The zero-order valence-electron chi connectivity index (χ0n) is 10.7. The largest absolute Gasteiger partial charge is 0.462 e. The van der Waals surface area contributed by atoms with Gasteiger partial charge in [0.2, 0.25) is 0 Å². The van der Waals surface area contributed by atoms with E-state index in [2.05, 4.69) is 11.6 Å². The van der Waals surface area contributed by atoms with E-state index in [1.807, 2.05) is 38.1 Å². The number of allylic oxidation sites excluding steroid dienone is 1. The maximum absolute atomic E-state index is 11.8. The predicted octanol–water partition coefficient (Wildman–Crippen LogP) is 3.38. The lowest BCUT2D eigenvalue weighted by Gasteiger charge is -2.06. The molecule has 0 bridgehead atoms. The molecule has 1 heterocycles. The number of ether oxygens (including phenoxy) is 1. The molecule has 0 amide bonds. The van der Waals surface area contributed by atoms with Gasteiger partial charge in [0.1, 0.15) is 0 Å². The Morgan fingerprint density at radius 1 is 1.44 bits per heavy atom. The minimum atomic E-state index is -0.274. The van der Waals surface area contributed by atoms with Crippen molar-refractivity contribution in [3.05, 3.63) is 47.7 Å². The average Bonchev–Trinajstić information content (AvgIpc) is 2.70. The van der Waals surface area contributed by atoms with Crippen LogP contribution in [-0.2, 0) is 11.2 Å². The Morgan fingerprint density at radius 3 is 2.89 bits per heavy atom. The van der Waals surface area contributed by atoms with Gasteiger partial charge in [-0.3, -0.25) is 0 Å². The Labute approximate surface area is 106 Å². The lowest BCUT2D eigenvalue weighted by atomic mass is 10.0. The number of rotatable bonds is 4. The van der Waals surface area contributed by atoms with Crippen molar-refractivity contribution in [2.24, 2.45) is 0 Å². The monoisotopic (exact) mass is 243 g/mol. The first-order valence-electron chi connectivity index (χ1n) is 6.06. The summed E-state index contributed by atoms with van der Waals surface area (Å²) < 4.78 is 5.04. The number of H-pyrrole nitrogens is 1. The third-order valence-corrected chi connectivity index (χ3v) is 2.82. The lowest BCUT2D eigenvalue weighted by Crippen LogP contribution is -2.05. The molecule has 1 aromatic heterocycles. The predicted molar refractivity (Wildman–Crippen MR) is 72.9 cm³/mol. The summed E-state index contributed by atoms with van der Waals surface area (Å²) >= 11 is 0. The molecule has 0 aliphatic carbocycles. The summed E-state index contributed by atoms with van der Waals surface area (Å²) in [5.41, 5.74) is 3.82. The minimum Gasteiger partial charge on any atom is -0.462 e. The smallest absolute Gasteiger partial charge is 0.338 e. The molecule has 0 saturated carbocycles. The number of aryl methyl sites for hydroxylation is 1. The van der Waals surface area contributed by atoms with Crippen molar-refractivity contribution in [3.63, 3.8) is 0 Å². The fourth-order valence-corrected chi connectivity index (χ4v) is 2.11. The zero-order chi connectivity index (χ0) is 13.1. The fourth-order valence-electron chi connectivity index (χ4n) is 2.11. The van der Waals surface area contributed by atoms with Crippen molar-refractivity contribution >= 4 is 16.9 Å². The number of aromatic amines is 1. The molecule has 0 radical (unpaired) electrons. The molecule has 1 aromatic carbocycles. The maximum Gasteiger partial charge on any atom is 0.338 e. The maximum atomic E-state index is 11.8. The van der Waals surface area contributed by atoms with Gasteiger partial charge in [0, 0.05) is 16.6 Å². The topological polar surface area (TPSA) is 42.1 Å². The molecular weight excluding hydrogens is 226 g/mol. The summed E-state index contributed by atoms with van der Waals surface area (Å²) in [6, 6.07) is 5.77. The second-order valence-corrected chi connectivity index (χ2v) is 4.27. The Bertz CT molecular complexity index is 596. The Balaban J connectivity index is 2.55. The van der Waals surface area contributed by atoms with E-state index in [9.17, 15) is 4.79 Å². The van der Waals surface area contributed by atoms with Gasteiger partial charge in [0.15, 0.2) is 0 Å². The number of carbonyl (C=O) groups is 1. The van der Waals surface area contributed by atoms with Gasteiger partial charge < -0.3 is 9.72 Å². The molecule has 2 rings (SSSR count). The molecular formula is C15H17NO2. The van der Waals surface area contributed by atoms with Gasteiger partial charge in [-0.15, -0.1) is 6.58 Å². The quantitative estimate of drug-likeness (QED) is 0.660. The molecule has 18 heavy (non-hydrogen) atoms. The van der Waals surface area contributed by atoms with Crippen LogP contribution in [0.15, 0.2) is 30.9 Å². The second kappa shape index (κ2) is 5.08. The van der Waals surface area contributed by atoms with Gasteiger partial charge in [-0.2, -0.15) is 0 Å². The van der Waals surface area contributed by atoms with Crippen LogP contribution in [0.5, 0.6) is 0 Å². The standard InChI is InChI=1S/C15H17NO2/c1-4-6-11-8-13(15(17)18-5-2)9-12-7-10(3)16-14(11)12/h4,7-9,16H,1,5-6H2,2-3H3. The van der Waals surface area contributed by atoms with Crippen LogP contribution in [-0.4, -0.2) is 17.6 Å². The number of hydrogen-bond donors (Lipinski definition) is 1. The summed E-state index contributed by atoms with van der Waals surface area (Å²) in [5.74, 6) is -0.274. The Morgan fingerprint density at radius 2 is 2.22 bits per heavy atom. The number of benzene rings is 1. The second-order valence-electron chi connectivity index (χ2n) is 4.27. The summed E-state index contributed by atoms with van der Waals surface area (Å²) in [4.78, 5) is 15.1. The molecule has 1 N–H and O–H groups in total. The summed E-state index contributed by atoms with van der Waals surface area (Å²) in [7, 11) is 0. The van der Waals surface area contributed by atoms with Crippen molar-refractivity contribution in [1.82, 2.24) is 4.98 Å². The lowest BCUT2D eigenvalue weighted by molar-refractivity contribution is 0.0526. The van der Waals surface area contributed by atoms with Crippen molar-refractivity contribution in [2.75, 3.05) is 6.61 Å². The summed E-state index contributed by atoms with van der Waals surface area (Å²) in [6.45, 7) is 7.95. The van der Waals surface area contributed by atoms with E-state index in [0.717, 1.165) is 28.6 Å². The van der Waals surface area contributed by atoms with Crippen LogP contribution >= 0.6 is 0 Å². The highest BCUT2D eigenvalue weighted by Gasteiger charge is 2.11. The summed E-state index contributed by atoms with van der Waals surface area (Å²) in [6.07, 6.45) is 2.56. The average molecular weight is 243 g/mol. The van der Waals surface area contributed by atoms with Crippen LogP contribution in [0.25, 0.3) is 10.9 Å². The first-order chi connectivity index (χ1) is 8.65. The van der Waals surface area contributed by atoms with E-state index >= 15 is 0 Å². The van der Waals surface area contributed by atoms with Gasteiger partial charge in [0.25, 0.3) is 0 Å². The first-order valence-corrected chi connectivity index (χ1v) is 6.06.